The summed E-state index contributed by atoms with van der Waals surface area (Å²) in [6.45, 7) is 0. The molecule has 1 atom stereocenters. The van der Waals surface area contributed by atoms with Crippen LogP contribution in [0, 0.1) is 11.3 Å². The topological polar surface area (TPSA) is 108 Å². The Bertz CT molecular complexity index is 1630. The predicted octanol–water partition coefficient (Wildman–Crippen LogP) is 4.55. The molecule has 0 saturated heterocycles. The summed E-state index contributed by atoms with van der Waals surface area (Å²) in [5.41, 5.74) is 11.9. The second-order valence-electron chi connectivity index (χ2n) is 8.44. The van der Waals surface area contributed by atoms with E-state index in [9.17, 15) is 5.26 Å². The molecule has 0 saturated carbocycles. The lowest BCUT2D eigenvalue weighted by Gasteiger charge is -2.25. The standard InChI is InChI=1S/C28H21N7O/c1-34-28-24(25(33-34)19-6-3-2-4-7-19)23(22(16-29)26(30)36-28)18-9-11-21(12-10-18)35-15-14-32-27(35)20-8-5-13-31-17-20/h2-15,17,23H,30H2,1H3. The van der Waals surface area contributed by atoms with E-state index in [2.05, 4.69) is 16.0 Å². The SMILES string of the molecule is Cn1nc(-c2ccccc2)c2c1OC(N)=C(C#N)C2c1ccc(-n2ccnc2-c2cccnc2)cc1. The van der Waals surface area contributed by atoms with Crippen molar-refractivity contribution in [2.75, 3.05) is 0 Å². The van der Waals surface area contributed by atoms with Crippen molar-refractivity contribution >= 4 is 0 Å². The second kappa shape index (κ2) is 8.56. The van der Waals surface area contributed by atoms with Gasteiger partial charge in [-0.3, -0.25) is 9.55 Å². The van der Waals surface area contributed by atoms with Gasteiger partial charge in [-0.25, -0.2) is 9.67 Å². The van der Waals surface area contributed by atoms with Crippen LogP contribution in [0.1, 0.15) is 17.0 Å². The lowest BCUT2D eigenvalue weighted by molar-refractivity contribution is 0.358. The van der Waals surface area contributed by atoms with Crippen LogP contribution < -0.4 is 10.5 Å². The quantitative estimate of drug-likeness (QED) is 0.412. The number of aromatic nitrogens is 5. The molecule has 2 aromatic carbocycles. The molecule has 1 aliphatic heterocycles. The normalized spacial score (nSPS) is 14.7. The molecule has 8 heteroatoms. The van der Waals surface area contributed by atoms with Crippen molar-refractivity contribution in [2.45, 2.75) is 5.92 Å². The summed E-state index contributed by atoms with van der Waals surface area (Å²) in [5.74, 6) is 1.00. The molecule has 0 aliphatic carbocycles. The molecule has 0 amide bonds. The van der Waals surface area contributed by atoms with E-state index in [1.807, 2.05) is 84.5 Å². The largest absolute Gasteiger partial charge is 0.422 e. The van der Waals surface area contributed by atoms with E-state index in [4.69, 9.17) is 15.6 Å². The number of fused-ring (bicyclic) bond motifs is 1. The van der Waals surface area contributed by atoms with Crippen molar-refractivity contribution in [2.24, 2.45) is 12.8 Å². The molecule has 2 N–H and O–H groups in total. The molecule has 0 fully saturated rings. The zero-order chi connectivity index (χ0) is 24.6. The summed E-state index contributed by atoms with van der Waals surface area (Å²) in [7, 11) is 1.81. The maximum Gasteiger partial charge on any atom is 0.224 e. The Balaban J connectivity index is 1.46. The van der Waals surface area contributed by atoms with E-state index in [0.29, 0.717) is 11.5 Å². The summed E-state index contributed by atoms with van der Waals surface area (Å²) in [6, 6.07) is 24.0. The third-order valence-electron chi connectivity index (χ3n) is 6.31. The van der Waals surface area contributed by atoms with Gasteiger partial charge in [0.25, 0.3) is 0 Å². The number of nitrogens with two attached hydrogens (primary N) is 1. The van der Waals surface area contributed by atoms with Gasteiger partial charge in [-0.1, -0.05) is 42.5 Å². The molecule has 174 valence electrons. The average molecular weight is 472 g/mol. The van der Waals surface area contributed by atoms with Crippen molar-refractivity contribution in [1.82, 2.24) is 24.3 Å². The van der Waals surface area contributed by atoms with Crippen LogP contribution in [0.15, 0.2) is 103 Å². The lowest BCUT2D eigenvalue weighted by atomic mass is 9.83. The molecule has 3 aromatic heterocycles. The number of nitriles is 1. The first-order chi connectivity index (χ1) is 17.7. The third kappa shape index (κ3) is 3.42. The van der Waals surface area contributed by atoms with Gasteiger partial charge in [0, 0.05) is 48.6 Å². The number of benzene rings is 2. The molecule has 0 bridgehead atoms. The van der Waals surface area contributed by atoms with Gasteiger partial charge in [-0.2, -0.15) is 10.4 Å². The number of allylic oxidation sites excluding steroid dienone is 1. The van der Waals surface area contributed by atoms with E-state index in [0.717, 1.165) is 39.5 Å². The fraction of sp³-hybridized carbons (Fsp3) is 0.0714. The van der Waals surface area contributed by atoms with Crippen LogP contribution in [0.5, 0.6) is 5.88 Å². The summed E-state index contributed by atoms with van der Waals surface area (Å²) >= 11 is 0. The van der Waals surface area contributed by atoms with Crippen molar-refractivity contribution in [3.05, 3.63) is 114 Å². The van der Waals surface area contributed by atoms with Gasteiger partial charge in [-0.05, 0) is 29.8 Å². The summed E-state index contributed by atoms with van der Waals surface area (Å²) in [5, 5.41) is 14.8. The molecule has 36 heavy (non-hydrogen) atoms. The maximum atomic E-state index is 10.0. The van der Waals surface area contributed by atoms with E-state index in [-0.39, 0.29) is 5.88 Å². The van der Waals surface area contributed by atoms with Gasteiger partial charge in [-0.15, -0.1) is 0 Å². The van der Waals surface area contributed by atoms with Crippen molar-refractivity contribution in [3.8, 4) is 40.3 Å². The minimum Gasteiger partial charge on any atom is -0.422 e. The number of pyridine rings is 1. The minimum absolute atomic E-state index is 0.0927. The molecular weight excluding hydrogens is 450 g/mol. The van der Waals surface area contributed by atoms with E-state index in [1.165, 1.54) is 0 Å². The van der Waals surface area contributed by atoms with Crippen LogP contribution in [0.3, 0.4) is 0 Å². The lowest BCUT2D eigenvalue weighted by Crippen LogP contribution is -2.21. The minimum atomic E-state index is -0.419. The number of hydrogen-bond acceptors (Lipinski definition) is 6. The number of imidazole rings is 1. The molecule has 0 spiro atoms. The summed E-state index contributed by atoms with van der Waals surface area (Å²) < 4.78 is 9.56. The number of hydrogen-bond donors (Lipinski definition) is 1. The highest BCUT2D eigenvalue weighted by Gasteiger charge is 2.36. The zero-order valence-electron chi connectivity index (χ0n) is 19.4. The molecule has 6 rings (SSSR count). The van der Waals surface area contributed by atoms with Crippen molar-refractivity contribution < 1.29 is 4.74 Å². The van der Waals surface area contributed by atoms with Crippen LogP contribution >= 0.6 is 0 Å². The van der Waals surface area contributed by atoms with Gasteiger partial charge in [0.2, 0.25) is 11.8 Å². The number of ether oxygens (including phenoxy) is 1. The number of aryl methyl sites for hydroxylation is 1. The smallest absolute Gasteiger partial charge is 0.224 e. The monoisotopic (exact) mass is 471 g/mol. The van der Waals surface area contributed by atoms with Crippen LogP contribution in [-0.2, 0) is 7.05 Å². The highest BCUT2D eigenvalue weighted by atomic mass is 16.5. The Labute approximate surface area is 207 Å². The Morgan fingerprint density at radius 3 is 2.47 bits per heavy atom. The molecule has 1 aliphatic rings. The molecule has 5 aromatic rings. The van der Waals surface area contributed by atoms with Gasteiger partial charge in [0.05, 0.1) is 11.5 Å². The third-order valence-corrected chi connectivity index (χ3v) is 6.31. The molecule has 4 heterocycles. The van der Waals surface area contributed by atoms with E-state index < -0.39 is 5.92 Å². The Kier molecular flexibility index (Phi) is 5.08. The Morgan fingerprint density at radius 2 is 1.75 bits per heavy atom. The van der Waals surface area contributed by atoms with Crippen LogP contribution in [0.4, 0.5) is 0 Å². The highest BCUT2D eigenvalue weighted by molar-refractivity contribution is 5.71. The fourth-order valence-corrected chi connectivity index (χ4v) is 4.66. The molecular formula is C28H21N7O. The van der Waals surface area contributed by atoms with E-state index >= 15 is 0 Å². The van der Waals surface area contributed by atoms with Crippen LogP contribution in [-0.4, -0.2) is 24.3 Å². The van der Waals surface area contributed by atoms with Crippen LogP contribution in [0.25, 0.3) is 28.3 Å². The zero-order valence-corrected chi connectivity index (χ0v) is 19.4. The predicted molar refractivity (Wildman–Crippen MR) is 135 cm³/mol. The van der Waals surface area contributed by atoms with Crippen molar-refractivity contribution in [3.63, 3.8) is 0 Å². The molecule has 1 unspecified atom stereocenters. The Hall–Kier alpha value is -5.16. The average Bonchev–Trinajstić information content (AvgIpc) is 3.54. The van der Waals surface area contributed by atoms with Gasteiger partial charge in [0.1, 0.15) is 23.2 Å². The second-order valence-corrected chi connectivity index (χ2v) is 8.44. The Morgan fingerprint density at radius 1 is 0.972 bits per heavy atom. The molecule has 8 nitrogen and oxygen atoms in total. The first-order valence-corrected chi connectivity index (χ1v) is 11.4. The van der Waals surface area contributed by atoms with Crippen LogP contribution in [0.2, 0.25) is 0 Å². The number of nitrogens with zero attached hydrogens (tertiary/aromatic N) is 6. The molecule has 0 radical (unpaired) electrons. The van der Waals surface area contributed by atoms with Gasteiger partial charge < -0.3 is 10.5 Å². The summed E-state index contributed by atoms with van der Waals surface area (Å²) in [6.07, 6.45) is 7.20. The van der Waals surface area contributed by atoms with Gasteiger partial charge >= 0.3 is 0 Å². The van der Waals surface area contributed by atoms with Gasteiger partial charge in [0.15, 0.2) is 0 Å². The van der Waals surface area contributed by atoms with E-state index in [1.54, 1.807) is 23.3 Å². The fourth-order valence-electron chi connectivity index (χ4n) is 4.66. The first-order valence-electron chi connectivity index (χ1n) is 11.4. The first kappa shape index (κ1) is 21.4. The summed E-state index contributed by atoms with van der Waals surface area (Å²) in [4.78, 5) is 8.73. The van der Waals surface area contributed by atoms with Crippen molar-refractivity contribution in [1.29, 1.82) is 5.26 Å². The number of rotatable bonds is 4. The highest BCUT2D eigenvalue weighted by Crippen LogP contribution is 2.46. The maximum absolute atomic E-state index is 10.0.